The van der Waals surface area contributed by atoms with Gasteiger partial charge in [0, 0.05) is 0 Å². The molecule has 0 aromatic rings. The Morgan fingerprint density at radius 3 is 1.69 bits per heavy atom. The molecule has 0 aliphatic heterocycles. The van der Waals surface area contributed by atoms with Crippen LogP contribution in [0.4, 0.5) is 0 Å². The van der Waals surface area contributed by atoms with Crippen LogP contribution < -0.4 is 0 Å². The minimum atomic E-state index is 0.885. The van der Waals surface area contributed by atoms with Crippen LogP contribution in [0.25, 0.3) is 0 Å². The van der Waals surface area contributed by atoms with Gasteiger partial charge >= 0.3 is 0 Å². The maximum Gasteiger partial charge on any atom is 0.0853 e. The van der Waals surface area contributed by atoms with E-state index in [1.807, 2.05) is 36.5 Å². The smallest absolute Gasteiger partial charge is 0.0853 e. The summed E-state index contributed by atoms with van der Waals surface area (Å²) >= 11 is 0. The fourth-order valence-electron chi connectivity index (χ4n) is 1.39. The Labute approximate surface area is 95.8 Å². The topological polar surface area (TPSA) is 24.7 Å². The Morgan fingerprint density at radius 2 is 1.19 bits per heavy atom. The predicted molar refractivity (Wildman–Crippen MR) is 66.8 cm³/mol. The van der Waals surface area contributed by atoms with Gasteiger partial charge in [0.2, 0.25) is 0 Å². The molecule has 0 N–H and O–H groups in total. The van der Waals surface area contributed by atoms with Crippen LogP contribution in [0.2, 0.25) is 0 Å². The van der Waals surface area contributed by atoms with Gasteiger partial charge in [-0.25, -0.2) is 0 Å². The van der Waals surface area contributed by atoms with E-state index in [1.54, 1.807) is 0 Å². The molecule has 0 bridgehead atoms. The first-order valence-electron chi connectivity index (χ1n) is 5.43. The molecule has 0 heterocycles. The monoisotopic (exact) mass is 210 g/mol. The van der Waals surface area contributed by atoms with Crippen molar-refractivity contribution < 1.29 is 0 Å². The Balaban J connectivity index is 2.08. The van der Waals surface area contributed by atoms with Crippen LogP contribution in [-0.4, -0.2) is 0 Å². The van der Waals surface area contributed by atoms with Crippen molar-refractivity contribution in [3.63, 3.8) is 0 Å². The van der Waals surface area contributed by atoms with Crippen LogP contribution in [0.1, 0.15) is 12.8 Å². The molecule has 0 aromatic carbocycles. The molecule has 2 nitrogen and oxygen atoms in total. The second-order valence-corrected chi connectivity index (χ2v) is 3.52. The van der Waals surface area contributed by atoms with E-state index in [2.05, 4.69) is 34.5 Å². The van der Waals surface area contributed by atoms with E-state index in [-0.39, 0.29) is 0 Å². The molecule has 0 spiro atoms. The number of nitrogens with zero attached hydrogens (tertiary/aromatic N) is 2. The van der Waals surface area contributed by atoms with E-state index in [1.165, 1.54) is 0 Å². The van der Waals surface area contributed by atoms with Gasteiger partial charge in [-0.2, -0.15) is 10.2 Å². The molecule has 0 fully saturated rings. The van der Waals surface area contributed by atoms with Crippen molar-refractivity contribution in [1.82, 2.24) is 0 Å². The summed E-state index contributed by atoms with van der Waals surface area (Å²) in [6.07, 6.45) is 22.2. The highest BCUT2D eigenvalue weighted by molar-refractivity contribution is 5.28. The molecule has 80 valence electrons. The van der Waals surface area contributed by atoms with Crippen LogP contribution in [0.15, 0.2) is 82.4 Å². The van der Waals surface area contributed by atoms with E-state index in [0.29, 0.717) is 0 Å². The van der Waals surface area contributed by atoms with Crippen LogP contribution in [0.3, 0.4) is 0 Å². The summed E-state index contributed by atoms with van der Waals surface area (Å²) in [7, 11) is 0. The SMILES string of the molecule is C1=CCC=CC(N=NC2=CC=CCC=C2)=C1. The Kier molecular flexibility index (Phi) is 3.83. The van der Waals surface area contributed by atoms with Crippen molar-refractivity contribution >= 4 is 0 Å². The summed E-state index contributed by atoms with van der Waals surface area (Å²) in [5, 5.41) is 8.41. The van der Waals surface area contributed by atoms with Crippen molar-refractivity contribution in [2.24, 2.45) is 10.2 Å². The fraction of sp³-hybridized carbons (Fsp3) is 0.143. The maximum atomic E-state index is 4.20. The second-order valence-electron chi connectivity index (χ2n) is 3.52. The normalized spacial score (nSPS) is 19.5. The van der Waals surface area contributed by atoms with E-state index in [4.69, 9.17) is 0 Å². The quantitative estimate of drug-likeness (QED) is 0.609. The molecule has 2 rings (SSSR count). The van der Waals surface area contributed by atoms with Crippen molar-refractivity contribution in [2.75, 3.05) is 0 Å². The molecule has 0 unspecified atom stereocenters. The van der Waals surface area contributed by atoms with Crippen molar-refractivity contribution in [3.05, 3.63) is 72.2 Å². The molecule has 0 aromatic heterocycles. The van der Waals surface area contributed by atoms with E-state index < -0.39 is 0 Å². The number of hydrogen-bond acceptors (Lipinski definition) is 2. The Hall–Kier alpha value is -1.96. The summed E-state index contributed by atoms with van der Waals surface area (Å²) in [5.74, 6) is 0. The molecule has 0 saturated heterocycles. The number of hydrogen-bond donors (Lipinski definition) is 0. The molecule has 0 radical (unpaired) electrons. The predicted octanol–water partition coefficient (Wildman–Crippen LogP) is 4.24. The van der Waals surface area contributed by atoms with Gasteiger partial charge < -0.3 is 0 Å². The second kappa shape index (κ2) is 5.81. The third kappa shape index (κ3) is 3.31. The minimum absolute atomic E-state index is 0.885. The zero-order chi connectivity index (χ0) is 11.1. The lowest BCUT2D eigenvalue weighted by molar-refractivity contribution is 1.12. The zero-order valence-corrected chi connectivity index (χ0v) is 9.08. The Morgan fingerprint density at radius 1 is 0.688 bits per heavy atom. The summed E-state index contributed by atoms with van der Waals surface area (Å²) in [5.41, 5.74) is 1.77. The average molecular weight is 210 g/mol. The van der Waals surface area contributed by atoms with Crippen molar-refractivity contribution in [3.8, 4) is 0 Å². The van der Waals surface area contributed by atoms with Gasteiger partial charge in [0.05, 0.1) is 11.4 Å². The summed E-state index contributed by atoms with van der Waals surface area (Å²) < 4.78 is 0. The molecule has 2 aliphatic carbocycles. The van der Waals surface area contributed by atoms with Crippen molar-refractivity contribution in [1.29, 1.82) is 0 Å². The zero-order valence-electron chi connectivity index (χ0n) is 9.08. The van der Waals surface area contributed by atoms with Gasteiger partial charge in [-0.3, -0.25) is 0 Å². The highest BCUT2D eigenvalue weighted by Crippen LogP contribution is 2.11. The van der Waals surface area contributed by atoms with Gasteiger partial charge in [-0.05, 0) is 37.1 Å². The lowest BCUT2D eigenvalue weighted by Gasteiger charge is -1.91. The highest BCUT2D eigenvalue weighted by atomic mass is 15.1. The standard InChI is InChI=1S/C14H14N2/c1-2-6-10-13(9-5-1)15-16-14-11-7-3-4-8-12-14/h1,3,5-12H,2,4H2. The first kappa shape index (κ1) is 10.6. The molecule has 2 heteroatoms. The molecule has 0 atom stereocenters. The fourth-order valence-corrected chi connectivity index (χ4v) is 1.39. The van der Waals surface area contributed by atoms with Gasteiger partial charge in [0.25, 0.3) is 0 Å². The average Bonchev–Trinajstić information content (AvgIpc) is 2.71. The van der Waals surface area contributed by atoms with Gasteiger partial charge in [0.15, 0.2) is 0 Å². The van der Waals surface area contributed by atoms with E-state index in [9.17, 15) is 0 Å². The van der Waals surface area contributed by atoms with Gasteiger partial charge in [-0.15, -0.1) is 0 Å². The third-order valence-corrected chi connectivity index (χ3v) is 2.21. The lowest BCUT2D eigenvalue weighted by Crippen LogP contribution is -1.72. The minimum Gasteiger partial charge on any atom is -0.151 e. The summed E-state index contributed by atoms with van der Waals surface area (Å²) in [4.78, 5) is 0. The van der Waals surface area contributed by atoms with Crippen LogP contribution >= 0.6 is 0 Å². The first-order chi connectivity index (χ1) is 7.95. The van der Waals surface area contributed by atoms with Gasteiger partial charge in [0.1, 0.15) is 0 Å². The molecule has 0 saturated carbocycles. The highest BCUT2D eigenvalue weighted by Gasteiger charge is 1.92. The molecular formula is C14H14N2. The molecule has 0 amide bonds. The summed E-state index contributed by atoms with van der Waals surface area (Å²) in [6.45, 7) is 0. The molecule has 2 aliphatic rings. The lowest BCUT2D eigenvalue weighted by atomic mass is 10.3. The largest absolute Gasteiger partial charge is 0.151 e. The number of rotatable bonds is 2. The maximum absolute atomic E-state index is 4.20. The number of azo groups is 1. The molecular weight excluding hydrogens is 196 g/mol. The van der Waals surface area contributed by atoms with E-state index >= 15 is 0 Å². The Bertz CT molecular complexity index is 401. The third-order valence-electron chi connectivity index (χ3n) is 2.21. The first-order valence-corrected chi connectivity index (χ1v) is 5.43. The van der Waals surface area contributed by atoms with Crippen LogP contribution in [-0.2, 0) is 0 Å². The van der Waals surface area contributed by atoms with Gasteiger partial charge in [-0.1, -0.05) is 36.5 Å². The number of allylic oxidation sites excluding steroid dienone is 10. The summed E-state index contributed by atoms with van der Waals surface area (Å²) in [6, 6.07) is 0. The van der Waals surface area contributed by atoms with E-state index in [0.717, 1.165) is 24.2 Å². The molecule has 16 heavy (non-hydrogen) atoms. The van der Waals surface area contributed by atoms with Crippen molar-refractivity contribution in [2.45, 2.75) is 12.8 Å². The van der Waals surface area contributed by atoms with Crippen LogP contribution in [0, 0.1) is 0 Å². The van der Waals surface area contributed by atoms with Crippen LogP contribution in [0.5, 0.6) is 0 Å².